The Morgan fingerprint density at radius 3 is 2.25 bits per heavy atom. The van der Waals surface area contributed by atoms with Gasteiger partial charge >= 0.3 is 0 Å². The van der Waals surface area contributed by atoms with Gasteiger partial charge in [-0.1, -0.05) is 43.5 Å². The minimum Gasteiger partial charge on any atom is -0.317 e. The molecule has 104 valence electrons. The summed E-state index contributed by atoms with van der Waals surface area (Å²) in [5.41, 5.74) is -0.406. The average molecular weight is 425 g/mol. The number of carbonyl (C=O) groups is 1. The van der Waals surface area contributed by atoms with E-state index in [4.69, 9.17) is 11.6 Å². The molecule has 0 saturated carbocycles. The predicted octanol–water partition coefficient (Wildman–Crippen LogP) is 5.40. The number of benzene rings is 2. The number of anilines is 1. The van der Waals surface area contributed by atoms with Gasteiger partial charge in [0.15, 0.2) is 11.6 Å². The Hall–Kier alpha value is -0.980. The molecule has 0 fully saturated rings. The van der Waals surface area contributed by atoms with Gasteiger partial charge in [-0.05, 0) is 30.3 Å². The molecule has 1 amide bonds. The summed E-state index contributed by atoms with van der Waals surface area (Å²) in [6.45, 7) is 0. The van der Waals surface area contributed by atoms with Gasteiger partial charge in [0.1, 0.15) is 5.69 Å². The maximum atomic E-state index is 13.6. The second kappa shape index (κ2) is 6.20. The second-order valence-corrected chi connectivity index (χ2v) is 6.06. The third-order valence-corrected chi connectivity index (χ3v) is 3.70. The molecule has 2 rings (SSSR count). The molecule has 0 aromatic heterocycles. The summed E-state index contributed by atoms with van der Waals surface area (Å²) >= 11 is 12.0. The molecular weight excluding hydrogens is 419 g/mol. The number of hydrogen-bond acceptors (Lipinski definition) is 1. The Morgan fingerprint density at radius 1 is 1.05 bits per heavy atom. The summed E-state index contributed by atoms with van der Waals surface area (Å²) in [4.78, 5) is 12.0. The van der Waals surface area contributed by atoms with E-state index in [-0.39, 0.29) is 15.1 Å². The molecule has 0 spiro atoms. The molecule has 0 heterocycles. The van der Waals surface area contributed by atoms with Gasteiger partial charge in [0.25, 0.3) is 5.91 Å². The Morgan fingerprint density at radius 2 is 1.65 bits per heavy atom. The zero-order chi connectivity index (χ0) is 14.9. The standard InChI is InChI=1S/C13H6Br2ClF2NO/c14-6-1-2-9(16)8(3-6)13(20)19-12-10(17)4-7(15)5-11(12)18/h1-5H,(H,19,20). The monoisotopic (exact) mass is 423 g/mol. The lowest BCUT2D eigenvalue weighted by Crippen LogP contribution is -2.15. The fourth-order valence-electron chi connectivity index (χ4n) is 1.51. The first-order valence-electron chi connectivity index (χ1n) is 5.29. The van der Waals surface area contributed by atoms with Crippen molar-refractivity contribution in [3.05, 3.63) is 61.5 Å². The third kappa shape index (κ3) is 3.37. The molecule has 1 N–H and O–H groups in total. The largest absolute Gasteiger partial charge is 0.317 e. The van der Waals surface area contributed by atoms with Gasteiger partial charge in [0.2, 0.25) is 0 Å². The minimum atomic E-state index is -0.878. The molecule has 0 unspecified atom stereocenters. The molecule has 0 radical (unpaired) electrons. The summed E-state index contributed by atoms with van der Waals surface area (Å²) in [6.07, 6.45) is 0. The first kappa shape index (κ1) is 15.4. The Kier molecular flexibility index (Phi) is 4.78. The van der Waals surface area contributed by atoms with Crippen LogP contribution >= 0.6 is 43.5 Å². The van der Waals surface area contributed by atoms with E-state index in [0.29, 0.717) is 4.47 Å². The highest BCUT2D eigenvalue weighted by molar-refractivity contribution is 9.10. The number of halogens is 5. The van der Waals surface area contributed by atoms with Crippen LogP contribution < -0.4 is 5.32 Å². The van der Waals surface area contributed by atoms with Crippen LogP contribution in [0.5, 0.6) is 0 Å². The summed E-state index contributed by atoms with van der Waals surface area (Å²) in [7, 11) is 0. The van der Waals surface area contributed by atoms with E-state index >= 15 is 0 Å². The van der Waals surface area contributed by atoms with E-state index < -0.39 is 23.2 Å². The van der Waals surface area contributed by atoms with Crippen molar-refractivity contribution in [1.82, 2.24) is 0 Å². The molecule has 0 atom stereocenters. The molecule has 2 aromatic rings. The van der Waals surface area contributed by atoms with Crippen LogP contribution in [-0.2, 0) is 0 Å². The third-order valence-electron chi connectivity index (χ3n) is 2.42. The van der Waals surface area contributed by atoms with Gasteiger partial charge in [-0.25, -0.2) is 8.78 Å². The van der Waals surface area contributed by atoms with E-state index in [1.807, 2.05) is 0 Å². The lowest BCUT2D eigenvalue weighted by atomic mass is 10.2. The Labute approximate surface area is 135 Å². The molecule has 20 heavy (non-hydrogen) atoms. The van der Waals surface area contributed by atoms with E-state index in [9.17, 15) is 13.6 Å². The van der Waals surface area contributed by atoms with Crippen LogP contribution in [0.15, 0.2) is 39.3 Å². The molecular formula is C13H6Br2ClF2NO. The second-order valence-electron chi connectivity index (χ2n) is 3.82. The van der Waals surface area contributed by atoms with Crippen molar-refractivity contribution in [3.8, 4) is 0 Å². The van der Waals surface area contributed by atoms with Crippen LogP contribution in [0, 0.1) is 11.6 Å². The van der Waals surface area contributed by atoms with Crippen LogP contribution in [0.3, 0.4) is 0 Å². The smallest absolute Gasteiger partial charge is 0.257 e. The molecule has 0 aliphatic carbocycles. The number of amides is 1. The molecule has 2 aromatic carbocycles. The predicted molar refractivity (Wildman–Crippen MR) is 81.2 cm³/mol. The van der Waals surface area contributed by atoms with Crippen LogP contribution in [0.2, 0.25) is 5.02 Å². The van der Waals surface area contributed by atoms with E-state index in [1.54, 1.807) is 6.07 Å². The Bertz CT molecular complexity index is 671. The first-order valence-corrected chi connectivity index (χ1v) is 7.26. The zero-order valence-corrected chi connectivity index (χ0v) is 13.6. The van der Waals surface area contributed by atoms with Crippen molar-refractivity contribution < 1.29 is 13.6 Å². The fourth-order valence-corrected chi connectivity index (χ4v) is 2.48. The van der Waals surface area contributed by atoms with Gasteiger partial charge in [0.05, 0.1) is 10.6 Å². The topological polar surface area (TPSA) is 29.1 Å². The van der Waals surface area contributed by atoms with Gasteiger partial charge in [0, 0.05) is 8.95 Å². The SMILES string of the molecule is O=C(Nc1c(F)cc(Br)cc1F)c1cc(Br)ccc1Cl. The average Bonchev–Trinajstić information content (AvgIpc) is 2.36. The van der Waals surface area contributed by atoms with Crippen LogP contribution in [-0.4, -0.2) is 5.91 Å². The van der Waals surface area contributed by atoms with Crippen LogP contribution in [0.4, 0.5) is 14.5 Å². The molecule has 0 aliphatic rings. The highest BCUT2D eigenvalue weighted by Gasteiger charge is 2.17. The lowest BCUT2D eigenvalue weighted by molar-refractivity contribution is 0.102. The highest BCUT2D eigenvalue weighted by atomic mass is 79.9. The van der Waals surface area contributed by atoms with Crippen molar-refractivity contribution in [2.75, 3.05) is 5.32 Å². The summed E-state index contributed by atoms with van der Waals surface area (Å²) in [5, 5.41) is 2.36. The zero-order valence-electron chi connectivity index (χ0n) is 9.68. The number of hydrogen-bond donors (Lipinski definition) is 1. The van der Waals surface area contributed by atoms with Gasteiger partial charge < -0.3 is 5.32 Å². The Balaban J connectivity index is 2.35. The van der Waals surface area contributed by atoms with Crippen molar-refractivity contribution in [3.63, 3.8) is 0 Å². The molecule has 7 heteroatoms. The molecule has 0 aliphatic heterocycles. The maximum Gasteiger partial charge on any atom is 0.257 e. The number of rotatable bonds is 2. The van der Waals surface area contributed by atoms with Crippen molar-refractivity contribution in [1.29, 1.82) is 0 Å². The molecule has 0 bridgehead atoms. The number of carbonyl (C=O) groups excluding carboxylic acids is 1. The normalized spacial score (nSPS) is 10.4. The van der Waals surface area contributed by atoms with Gasteiger partial charge in [-0.2, -0.15) is 0 Å². The molecule has 0 saturated heterocycles. The highest BCUT2D eigenvalue weighted by Crippen LogP contribution is 2.26. The van der Waals surface area contributed by atoms with E-state index in [1.165, 1.54) is 12.1 Å². The first-order chi connectivity index (χ1) is 9.38. The fraction of sp³-hybridized carbons (Fsp3) is 0. The van der Waals surface area contributed by atoms with Crippen LogP contribution in [0.1, 0.15) is 10.4 Å². The number of nitrogens with one attached hydrogen (secondary N) is 1. The van der Waals surface area contributed by atoms with Crippen molar-refractivity contribution in [2.24, 2.45) is 0 Å². The summed E-state index contributed by atoms with van der Waals surface area (Å²) in [5.74, 6) is -2.45. The van der Waals surface area contributed by atoms with Gasteiger partial charge in [-0.15, -0.1) is 0 Å². The maximum absolute atomic E-state index is 13.6. The van der Waals surface area contributed by atoms with E-state index in [0.717, 1.165) is 12.1 Å². The van der Waals surface area contributed by atoms with E-state index in [2.05, 4.69) is 37.2 Å². The van der Waals surface area contributed by atoms with Crippen LogP contribution in [0.25, 0.3) is 0 Å². The summed E-state index contributed by atoms with van der Waals surface area (Å²) < 4.78 is 28.2. The lowest BCUT2D eigenvalue weighted by Gasteiger charge is -2.09. The van der Waals surface area contributed by atoms with Gasteiger partial charge in [-0.3, -0.25) is 4.79 Å². The quantitative estimate of drug-likeness (QED) is 0.686. The minimum absolute atomic E-state index is 0.114. The van der Waals surface area contributed by atoms with Crippen molar-refractivity contribution >= 4 is 55.1 Å². The molecule has 2 nitrogen and oxygen atoms in total. The van der Waals surface area contributed by atoms with Crippen molar-refractivity contribution in [2.45, 2.75) is 0 Å². The summed E-state index contributed by atoms with van der Waals surface area (Å²) in [6, 6.07) is 6.74.